The van der Waals surface area contributed by atoms with Crippen molar-refractivity contribution in [1.29, 1.82) is 0 Å². The Morgan fingerprint density at radius 2 is 1.79 bits per heavy atom. The van der Waals surface area contributed by atoms with Crippen molar-refractivity contribution >= 4 is 10.5 Å². The van der Waals surface area contributed by atoms with E-state index in [0.29, 0.717) is 16.4 Å². The summed E-state index contributed by atoms with van der Waals surface area (Å²) in [7, 11) is 0.693. The molecule has 82 valence electrons. The second-order valence-corrected chi connectivity index (χ2v) is 5.60. The predicted molar refractivity (Wildman–Crippen MR) is 65.8 cm³/mol. The highest BCUT2D eigenvalue weighted by Crippen LogP contribution is 2.45. The summed E-state index contributed by atoms with van der Waals surface area (Å²) in [5.74, 6) is 3.89. The van der Waals surface area contributed by atoms with Gasteiger partial charge in [0.25, 0.3) is 0 Å². The van der Waals surface area contributed by atoms with E-state index in [0.717, 1.165) is 6.42 Å². The van der Waals surface area contributed by atoms with E-state index >= 15 is 0 Å². The van der Waals surface area contributed by atoms with Crippen molar-refractivity contribution in [3.63, 3.8) is 0 Å². The molecule has 1 nitrogen and oxygen atoms in total. The highest BCUT2D eigenvalue weighted by Gasteiger charge is 2.40. The van der Waals surface area contributed by atoms with Gasteiger partial charge in [-0.25, -0.2) is 0 Å². The fraction of sp³-hybridized carbons (Fsp3) is 0.833. The van der Waals surface area contributed by atoms with Gasteiger partial charge in [0.1, 0.15) is 0 Å². The monoisotopic (exact) mass is 212 g/mol. The maximum Gasteiger partial charge on any atom is 0.219 e. The van der Waals surface area contributed by atoms with Gasteiger partial charge in [0, 0.05) is 5.41 Å². The number of hydrogen-bond acceptors (Lipinski definition) is 1. The van der Waals surface area contributed by atoms with Crippen molar-refractivity contribution in [2.24, 2.45) is 16.7 Å². The largest absolute Gasteiger partial charge is 0.512 e. The molecule has 0 saturated heterocycles. The van der Waals surface area contributed by atoms with Gasteiger partial charge in [-0.2, -0.15) is 0 Å². The van der Waals surface area contributed by atoms with Crippen molar-refractivity contribution in [3.8, 4) is 12.0 Å². The summed E-state index contributed by atoms with van der Waals surface area (Å²) in [5, 5.41) is 0. The lowest BCUT2D eigenvalue weighted by molar-refractivity contribution is 0.106. The summed E-state index contributed by atoms with van der Waals surface area (Å²) >= 11 is 0. The Labute approximate surface area is 92.2 Å². The quantitative estimate of drug-likeness (QED) is 0.504. The Bertz CT molecular complexity index is 231. The van der Waals surface area contributed by atoms with Gasteiger partial charge in [0.05, 0.1) is 6.11 Å². The number of rotatable bonds is 2. The average molecular weight is 212 g/mol. The molecule has 2 atom stereocenters. The molecule has 0 aromatic carbocycles. The van der Waals surface area contributed by atoms with Crippen LogP contribution in [0.15, 0.2) is 0 Å². The lowest BCUT2D eigenvalue weighted by Gasteiger charge is -2.42. The van der Waals surface area contributed by atoms with Crippen molar-refractivity contribution in [2.45, 2.75) is 48.0 Å². The zero-order valence-corrected chi connectivity index (χ0v) is 12.7. The molecular weight excluding hydrogens is 188 g/mol. The van der Waals surface area contributed by atoms with E-state index < -0.39 is 0 Å². The third-order valence-electron chi connectivity index (χ3n) is 3.57. The van der Waals surface area contributed by atoms with Crippen molar-refractivity contribution < 1.29 is 4.43 Å². The van der Waals surface area contributed by atoms with Crippen LogP contribution in [0.4, 0.5) is 0 Å². The van der Waals surface area contributed by atoms with Crippen LogP contribution in [-0.2, 0) is 4.43 Å². The molecule has 0 fully saturated rings. The molecule has 0 amide bonds. The summed E-state index contributed by atoms with van der Waals surface area (Å²) in [5.41, 5.74) is 0.224. The standard InChI is InChI=1S/C12H24OSi/c1-7-10(2)12(6,8-9-13-14)11(3,4)5/h10H,7H2,1-6,14H3. The van der Waals surface area contributed by atoms with E-state index in [2.05, 4.69) is 53.6 Å². The molecule has 14 heavy (non-hydrogen) atoms. The van der Waals surface area contributed by atoms with Gasteiger partial charge < -0.3 is 4.43 Å². The number of hydrogen-bond donors (Lipinski definition) is 0. The Balaban J connectivity index is 5.05. The fourth-order valence-corrected chi connectivity index (χ4v) is 1.72. The van der Waals surface area contributed by atoms with E-state index in [-0.39, 0.29) is 10.8 Å². The van der Waals surface area contributed by atoms with Crippen LogP contribution in [-0.4, -0.2) is 10.5 Å². The first kappa shape index (κ1) is 13.6. The van der Waals surface area contributed by atoms with E-state index in [1.54, 1.807) is 0 Å². The molecule has 2 heteroatoms. The molecule has 0 saturated carbocycles. The minimum Gasteiger partial charge on any atom is -0.512 e. The van der Waals surface area contributed by atoms with Gasteiger partial charge in [0.2, 0.25) is 10.5 Å². The SMILES string of the molecule is CCC(C)C(C)(C#CO[SiH3])C(C)(C)C. The van der Waals surface area contributed by atoms with Gasteiger partial charge in [-0.3, -0.25) is 0 Å². The molecule has 0 aromatic heterocycles. The molecule has 0 rings (SSSR count). The Morgan fingerprint density at radius 1 is 1.29 bits per heavy atom. The molecule has 0 aromatic rings. The molecule has 0 aliphatic rings. The summed E-state index contributed by atoms with van der Waals surface area (Å²) in [6, 6.07) is 0. The van der Waals surface area contributed by atoms with Gasteiger partial charge in [0.15, 0.2) is 0 Å². The van der Waals surface area contributed by atoms with E-state index in [1.807, 2.05) is 0 Å². The van der Waals surface area contributed by atoms with Crippen molar-refractivity contribution in [2.75, 3.05) is 0 Å². The van der Waals surface area contributed by atoms with E-state index in [4.69, 9.17) is 4.43 Å². The first-order valence-electron chi connectivity index (χ1n) is 5.34. The molecular formula is C12H24OSi. The summed E-state index contributed by atoms with van der Waals surface area (Å²) in [6.07, 6.45) is 3.98. The van der Waals surface area contributed by atoms with Gasteiger partial charge in [-0.05, 0) is 18.3 Å². The van der Waals surface area contributed by atoms with Crippen LogP contribution >= 0.6 is 0 Å². The van der Waals surface area contributed by atoms with Crippen LogP contribution in [0.2, 0.25) is 0 Å². The third-order valence-corrected chi connectivity index (χ3v) is 3.77. The average Bonchev–Trinajstić information content (AvgIpc) is 2.10. The van der Waals surface area contributed by atoms with Crippen LogP contribution in [0, 0.1) is 28.8 Å². The molecule has 0 heterocycles. The summed E-state index contributed by atoms with van der Waals surface area (Å²) in [4.78, 5) is 0. The zero-order chi connectivity index (χ0) is 11.4. The highest BCUT2D eigenvalue weighted by atomic mass is 28.2. The molecule has 2 unspecified atom stereocenters. The fourth-order valence-electron chi connectivity index (χ4n) is 1.62. The van der Waals surface area contributed by atoms with Crippen LogP contribution in [0.1, 0.15) is 48.0 Å². The normalized spacial score (nSPS) is 17.9. The summed E-state index contributed by atoms with van der Waals surface area (Å²) in [6.45, 7) is 13.5. The van der Waals surface area contributed by atoms with Gasteiger partial charge >= 0.3 is 0 Å². The van der Waals surface area contributed by atoms with E-state index in [9.17, 15) is 0 Å². The van der Waals surface area contributed by atoms with E-state index in [1.165, 1.54) is 0 Å². The molecule has 0 radical (unpaired) electrons. The van der Waals surface area contributed by atoms with Crippen LogP contribution in [0.5, 0.6) is 0 Å². The van der Waals surface area contributed by atoms with Crippen LogP contribution < -0.4 is 0 Å². The lowest BCUT2D eigenvalue weighted by atomic mass is 9.61. The minimum absolute atomic E-state index is 0.0339. The van der Waals surface area contributed by atoms with Gasteiger partial charge in [-0.15, -0.1) is 0 Å². The Morgan fingerprint density at radius 3 is 2.07 bits per heavy atom. The van der Waals surface area contributed by atoms with Crippen molar-refractivity contribution in [3.05, 3.63) is 0 Å². The maximum absolute atomic E-state index is 5.01. The highest BCUT2D eigenvalue weighted by molar-refractivity contribution is 5.98. The first-order valence-corrected chi connectivity index (χ1v) is 6.16. The zero-order valence-electron chi connectivity index (χ0n) is 10.7. The molecule has 0 spiro atoms. The molecule has 0 aliphatic carbocycles. The predicted octanol–water partition coefficient (Wildman–Crippen LogP) is 2.34. The first-order chi connectivity index (χ1) is 6.29. The molecule has 0 N–H and O–H groups in total. The van der Waals surface area contributed by atoms with Crippen LogP contribution in [0.25, 0.3) is 0 Å². The smallest absolute Gasteiger partial charge is 0.219 e. The summed E-state index contributed by atoms with van der Waals surface area (Å²) < 4.78 is 5.01. The Kier molecular flexibility index (Phi) is 4.74. The minimum atomic E-state index is 0.0339. The van der Waals surface area contributed by atoms with Crippen molar-refractivity contribution in [1.82, 2.24) is 0 Å². The topological polar surface area (TPSA) is 9.23 Å². The van der Waals surface area contributed by atoms with Gasteiger partial charge in [-0.1, -0.05) is 47.0 Å². The lowest BCUT2D eigenvalue weighted by Crippen LogP contribution is -2.37. The third kappa shape index (κ3) is 2.78. The Hall–Kier alpha value is -0.423. The molecule has 0 bridgehead atoms. The van der Waals surface area contributed by atoms with Crippen LogP contribution in [0.3, 0.4) is 0 Å². The second-order valence-electron chi connectivity index (χ2n) is 5.19. The maximum atomic E-state index is 5.01. The second kappa shape index (κ2) is 4.88. The molecule has 0 aliphatic heterocycles.